The van der Waals surface area contributed by atoms with Crippen molar-refractivity contribution in [3.05, 3.63) is 40.7 Å². The van der Waals surface area contributed by atoms with Crippen molar-refractivity contribution in [3.63, 3.8) is 0 Å². The third-order valence-electron chi connectivity index (χ3n) is 3.48. The first-order chi connectivity index (χ1) is 12.1. The molecule has 0 amide bonds. The number of H-pyrrole nitrogens is 1. The maximum Gasteiger partial charge on any atom is 0.280 e. The first-order valence-corrected chi connectivity index (χ1v) is 7.50. The molecule has 0 saturated heterocycles. The standard InChI is InChI=1S/C15H18N6O4/c16-14-19-12-11(13(23)20-14)18-15(17)21(12)8-25-10(6-22)7-24-9-4-2-1-3-5-9/h1-5,10,22H,6-8H2,(H2,17,18)(H3,16,19,20,23). The molecule has 3 aromatic rings. The summed E-state index contributed by atoms with van der Waals surface area (Å²) in [4.78, 5) is 22.1. The highest BCUT2D eigenvalue weighted by molar-refractivity contribution is 5.73. The van der Waals surface area contributed by atoms with Crippen molar-refractivity contribution in [1.82, 2.24) is 19.5 Å². The van der Waals surface area contributed by atoms with Crippen LogP contribution < -0.4 is 21.8 Å². The van der Waals surface area contributed by atoms with Gasteiger partial charge in [0.25, 0.3) is 5.56 Å². The number of para-hydroxylation sites is 1. The van der Waals surface area contributed by atoms with E-state index < -0.39 is 11.7 Å². The Morgan fingerprint density at radius 3 is 2.72 bits per heavy atom. The molecular weight excluding hydrogens is 328 g/mol. The van der Waals surface area contributed by atoms with Crippen molar-refractivity contribution in [2.75, 3.05) is 24.7 Å². The number of aromatic amines is 1. The minimum Gasteiger partial charge on any atom is -0.491 e. The summed E-state index contributed by atoms with van der Waals surface area (Å²) in [5, 5.41) is 9.45. The molecule has 0 aliphatic rings. The molecule has 0 fully saturated rings. The van der Waals surface area contributed by atoms with Gasteiger partial charge in [-0.25, -0.2) is 4.98 Å². The van der Waals surface area contributed by atoms with Gasteiger partial charge in [0.05, 0.1) is 6.61 Å². The molecule has 0 saturated carbocycles. The Bertz CT molecular complexity index is 908. The second kappa shape index (κ2) is 7.20. The van der Waals surface area contributed by atoms with Gasteiger partial charge in [0.15, 0.2) is 11.2 Å². The third kappa shape index (κ3) is 3.70. The fourth-order valence-electron chi connectivity index (χ4n) is 2.21. The molecular formula is C15H18N6O4. The van der Waals surface area contributed by atoms with Crippen molar-refractivity contribution in [1.29, 1.82) is 0 Å². The van der Waals surface area contributed by atoms with Gasteiger partial charge in [0, 0.05) is 0 Å². The lowest BCUT2D eigenvalue weighted by atomic mass is 10.3. The molecule has 132 valence electrons. The SMILES string of the molecule is Nc1nc2c(nc(N)n2COC(CO)COc2ccccc2)c(=O)[nH]1. The number of aromatic nitrogens is 4. The number of nitrogen functional groups attached to an aromatic ring is 2. The summed E-state index contributed by atoms with van der Waals surface area (Å²) in [6, 6.07) is 9.16. The lowest BCUT2D eigenvalue weighted by Crippen LogP contribution is -2.27. The first kappa shape index (κ1) is 16.7. The largest absolute Gasteiger partial charge is 0.491 e. The van der Waals surface area contributed by atoms with Gasteiger partial charge in [0.1, 0.15) is 25.2 Å². The van der Waals surface area contributed by atoms with Crippen LogP contribution in [0.5, 0.6) is 5.75 Å². The zero-order chi connectivity index (χ0) is 17.8. The van der Waals surface area contributed by atoms with E-state index in [0.29, 0.717) is 5.75 Å². The van der Waals surface area contributed by atoms with E-state index in [-0.39, 0.29) is 43.0 Å². The summed E-state index contributed by atoms with van der Waals surface area (Å²) in [5.41, 5.74) is 11.1. The zero-order valence-corrected chi connectivity index (χ0v) is 13.3. The number of fused-ring (bicyclic) bond motifs is 1. The summed E-state index contributed by atoms with van der Waals surface area (Å²) >= 11 is 0. The third-order valence-corrected chi connectivity index (χ3v) is 3.48. The molecule has 3 rings (SSSR count). The van der Waals surface area contributed by atoms with Crippen LogP contribution in [0.25, 0.3) is 11.2 Å². The Morgan fingerprint density at radius 2 is 2.00 bits per heavy atom. The van der Waals surface area contributed by atoms with Crippen LogP contribution in [0, 0.1) is 0 Å². The van der Waals surface area contributed by atoms with Gasteiger partial charge < -0.3 is 26.0 Å². The second-order valence-corrected chi connectivity index (χ2v) is 5.25. The van der Waals surface area contributed by atoms with Crippen LogP contribution in [-0.2, 0) is 11.5 Å². The Morgan fingerprint density at radius 1 is 1.24 bits per heavy atom. The molecule has 1 atom stereocenters. The van der Waals surface area contributed by atoms with Crippen molar-refractivity contribution in [2.45, 2.75) is 12.8 Å². The molecule has 0 radical (unpaired) electrons. The highest BCUT2D eigenvalue weighted by atomic mass is 16.5. The monoisotopic (exact) mass is 346 g/mol. The molecule has 10 heteroatoms. The fourth-order valence-corrected chi connectivity index (χ4v) is 2.21. The number of hydrogen-bond donors (Lipinski definition) is 4. The number of ether oxygens (including phenoxy) is 2. The van der Waals surface area contributed by atoms with Crippen molar-refractivity contribution < 1.29 is 14.6 Å². The van der Waals surface area contributed by atoms with E-state index in [0.717, 1.165) is 0 Å². The minimum absolute atomic E-state index is 0.0511. The van der Waals surface area contributed by atoms with Crippen molar-refractivity contribution in [2.24, 2.45) is 0 Å². The van der Waals surface area contributed by atoms with Gasteiger partial charge in [-0.3, -0.25) is 14.3 Å². The molecule has 0 aliphatic carbocycles. The van der Waals surface area contributed by atoms with E-state index in [1.807, 2.05) is 18.2 Å². The van der Waals surface area contributed by atoms with Crippen LogP contribution >= 0.6 is 0 Å². The van der Waals surface area contributed by atoms with E-state index in [1.165, 1.54) is 4.57 Å². The van der Waals surface area contributed by atoms with Crippen LogP contribution in [0.4, 0.5) is 11.9 Å². The maximum absolute atomic E-state index is 11.8. The molecule has 6 N–H and O–H groups in total. The van der Waals surface area contributed by atoms with Gasteiger partial charge in [-0.2, -0.15) is 4.98 Å². The van der Waals surface area contributed by atoms with E-state index in [9.17, 15) is 9.90 Å². The Balaban J connectivity index is 1.70. The van der Waals surface area contributed by atoms with Gasteiger partial charge in [-0.05, 0) is 12.1 Å². The number of aliphatic hydroxyl groups is 1. The number of anilines is 2. The molecule has 2 heterocycles. The minimum atomic E-state index is -0.601. The van der Waals surface area contributed by atoms with E-state index in [1.54, 1.807) is 12.1 Å². The number of nitrogens with zero attached hydrogens (tertiary/aromatic N) is 3. The van der Waals surface area contributed by atoms with Gasteiger partial charge in [-0.1, -0.05) is 18.2 Å². The number of rotatable bonds is 7. The lowest BCUT2D eigenvalue weighted by molar-refractivity contribution is -0.0431. The van der Waals surface area contributed by atoms with Crippen LogP contribution in [-0.4, -0.2) is 43.9 Å². The van der Waals surface area contributed by atoms with Gasteiger partial charge in [0.2, 0.25) is 11.9 Å². The molecule has 25 heavy (non-hydrogen) atoms. The average molecular weight is 346 g/mol. The predicted octanol–water partition coefficient (Wildman–Crippen LogP) is -0.302. The highest BCUT2D eigenvalue weighted by Crippen LogP contribution is 2.14. The van der Waals surface area contributed by atoms with E-state index in [2.05, 4.69) is 15.0 Å². The summed E-state index contributed by atoms with van der Waals surface area (Å²) in [6.45, 7) is -0.180. The Labute approximate surface area is 142 Å². The number of imidazole rings is 1. The smallest absolute Gasteiger partial charge is 0.280 e. The number of aliphatic hydroxyl groups excluding tert-OH is 1. The molecule has 2 aromatic heterocycles. The predicted molar refractivity (Wildman–Crippen MR) is 90.9 cm³/mol. The Hall–Kier alpha value is -3.11. The lowest BCUT2D eigenvalue weighted by Gasteiger charge is -2.17. The van der Waals surface area contributed by atoms with Crippen molar-refractivity contribution >= 4 is 23.1 Å². The zero-order valence-electron chi connectivity index (χ0n) is 13.3. The molecule has 0 spiro atoms. The summed E-state index contributed by atoms with van der Waals surface area (Å²) < 4.78 is 12.5. The second-order valence-electron chi connectivity index (χ2n) is 5.25. The molecule has 1 unspecified atom stereocenters. The van der Waals surface area contributed by atoms with E-state index in [4.69, 9.17) is 20.9 Å². The summed E-state index contributed by atoms with van der Waals surface area (Å²) in [6.07, 6.45) is -0.601. The normalized spacial score (nSPS) is 12.4. The molecule has 10 nitrogen and oxygen atoms in total. The quantitative estimate of drug-likeness (QED) is 0.454. The number of benzene rings is 1. The highest BCUT2D eigenvalue weighted by Gasteiger charge is 2.16. The van der Waals surface area contributed by atoms with Crippen LogP contribution in [0.15, 0.2) is 35.1 Å². The molecule has 1 aromatic carbocycles. The Kier molecular flexibility index (Phi) is 4.82. The average Bonchev–Trinajstić information content (AvgIpc) is 2.92. The molecule has 0 aliphatic heterocycles. The number of nitrogens with two attached hydrogens (primary N) is 2. The number of nitrogens with one attached hydrogen (secondary N) is 1. The van der Waals surface area contributed by atoms with Crippen LogP contribution in [0.3, 0.4) is 0 Å². The molecule has 0 bridgehead atoms. The van der Waals surface area contributed by atoms with Crippen LogP contribution in [0.2, 0.25) is 0 Å². The van der Waals surface area contributed by atoms with Gasteiger partial charge >= 0.3 is 0 Å². The van der Waals surface area contributed by atoms with Gasteiger partial charge in [-0.15, -0.1) is 0 Å². The topological polar surface area (TPSA) is 154 Å². The van der Waals surface area contributed by atoms with E-state index >= 15 is 0 Å². The maximum atomic E-state index is 11.8. The first-order valence-electron chi connectivity index (χ1n) is 7.50. The van der Waals surface area contributed by atoms with Crippen molar-refractivity contribution in [3.8, 4) is 5.75 Å². The number of hydrogen-bond acceptors (Lipinski definition) is 8. The summed E-state index contributed by atoms with van der Waals surface area (Å²) in [7, 11) is 0. The van der Waals surface area contributed by atoms with Crippen LogP contribution in [0.1, 0.15) is 0 Å². The summed E-state index contributed by atoms with van der Waals surface area (Å²) in [5.74, 6) is 0.669. The fraction of sp³-hybridized carbons (Fsp3) is 0.267.